The number of carbonyl (C=O) groups excluding carboxylic acids is 2. The molecule has 0 radical (unpaired) electrons. The first-order valence-electron chi connectivity index (χ1n) is 21.6. The van der Waals surface area contributed by atoms with Crippen LogP contribution in [-0.2, 0) is 14.3 Å². The number of fused-ring (bicyclic) bond motifs is 2. The Balaban J connectivity index is 0.756. The first-order chi connectivity index (χ1) is 31.8. The van der Waals surface area contributed by atoms with Gasteiger partial charge in [0.15, 0.2) is 46.4 Å². The van der Waals surface area contributed by atoms with Crippen LogP contribution in [0.5, 0.6) is 0 Å². The highest BCUT2D eigenvalue weighted by molar-refractivity contribution is 6.29. The zero-order valence-corrected chi connectivity index (χ0v) is 36.5. The molecule has 9 rings (SSSR count). The second-order valence-corrected chi connectivity index (χ2v) is 17.6. The maximum atomic E-state index is 11.8. The lowest BCUT2D eigenvalue weighted by Gasteiger charge is -2.30. The number of nitrogens with zero attached hydrogens (tertiary/aromatic N) is 11. The quantitative estimate of drug-likeness (QED) is 0.0591. The van der Waals surface area contributed by atoms with Crippen molar-refractivity contribution in [1.29, 1.82) is 0 Å². The van der Waals surface area contributed by atoms with Gasteiger partial charge >= 0.3 is 0 Å². The van der Waals surface area contributed by atoms with Gasteiger partial charge in [-0.2, -0.15) is 24.9 Å². The molecule has 4 aliphatic rings. The van der Waals surface area contributed by atoms with Gasteiger partial charge in [0.1, 0.15) is 44.0 Å². The lowest BCUT2D eigenvalue weighted by molar-refractivity contribution is -0.131. The maximum Gasteiger partial charge on any atom is 0.247 e. The number of aliphatic hydroxyl groups excluding tert-OH is 6. The molecule has 6 heterocycles. The van der Waals surface area contributed by atoms with E-state index >= 15 is 0 Å². The molecule has 0 aromatic carbocycles. The fourth-order valence-corrected chi connectivity index (χ4v) is 9.58. The molecule has 66 heavy (non-hydrogen) atoms. The molecule has 28 heteroatoms. The summed E-state index contributed by atoms with van der Waals surface area (Å²) in [7, 11) is 0. The Kier molecular flexibility index (Phi) is 13.4. The molecule has 3 saturated carbocycles. The minimum atomic E-state index is -1.48. The lowest BCUT2D eigenvalue weighted by atomic mass is 9.91. The molecule has 8 atom stereocenters. The molecule has 2 amide bonds. The summed E-state index contributed by atoms with van der Waals surface area (Å²) in [5.41, 5.74) is 1.44. The minimum absolute atomic E-state index is 0.0191. The van der Waals surface area contributed by atoms with Crippen LogP contribution in [0.25, 0.3) is 22.3 Å². The highest BCUT2D eigenvalue weighted by atomic mass is 35.5. The van der Waals surface area contributed by atoms with Gasteiger partial charge in [-0.1, -0.05) is 0 Å². The Morgan fingerprint density at radius 1 is 0.606 bits per heavy atom. The van der Waals surface area contributed by atoms with Crippen LogP contribution < -0.4 is 31.9 Å². The van der Waals surface area contributed by atoms with E-state index in [4.69, 9.17) is 38.2 Å². The number of hydrogen-bond donors (Lipinski definition) is 12. The van der Waals surface area contributed by atoms with Crippen molar-refractivity contribution in [3.05, 3.63) is 29.5 Å². The molecule has 0 bridgehead atoms. The Bertz CT molecular complexity index is 2370. The van der Waals surface area contributed by atoms with Crippen molar-refractivity contribution >= 4 is 80.9 Å². The van der Waals surface area contributed by atoms with E-state index in [0.29, 0.717) is 40.2 Å². The molecular weight excluding hydrogens is 909 g/mol. The third-order valence-electron chi connectivity index (χ3n) is 12.6. The van der Waals surface area contributed by atoms with Crippen LogP contribution in [-0.4, -0.2) is 171 Å². The number of halogens is 2. The normalized spacial score (nSPS) is 30.1. The Hall–Kier alpha value is -5.45. The molecule has 4 fully saturated rings. The third kappa shape index (κ3) is 9.54. The second-order valence-electron chi connectivity index (χ2n) is 16.9. The summed E-state index contributed by atoms with van der Waals surface area (Å²) in [6.45, 7) is -1.55. The van der Waals surface area contributed by atoms with Gasteiger partial charge in [-0.15, -0.1) is 0 Å². The van der Waals surface area contributed by atoms with Crippen LogP contribution in [0.15, 0.2) is 19.0 Å². The summed E-state index contributed by atoms with van der Waals surface area (Å²) >= 11 is 12.7. The average molecular weight is 959 g/mol. The molecule has 26 nitrogen and oxygen atoms in total. The summed E-state index contributed by atoms with van der Waals surface area (Å²) in [5, 5.41) is 79.4. The van der Waals surface area contributed by atoms with Crippen molar-refractivity contribution in [2.45, 2.75) is 131 Å². The van der Waals surface area contributed by atoms with Crippen LogP contribution in [0.1, 0.15) is 70.1 Å². The van der Waals surface area contributed by atoms with Crippen LogP contribution in [0.4, 0.5) is 23.5 Å². The number of hydrogen-bond acceptors (Lipinski definition) is 22. The highest BCUT2D eigenvalue weighted by Crippen LogP contribution is 2.36. The first-order valence-corrected chi connectivity index (χ1v) is 22.3. The van der Waals surface area contributed by atoms with Gasteiger partial charge in [0, 0.05) is 24.2 Å². The maximum absolute atomic E-state index is 11.8. The predicted molar refractivity (Wildman–Crippen MR) is 233 cm³/mol. The average Bonchev–Trinajstić information content (AvgIpc) is 4.06. The number of anilines is 4. The van der Waals surface area contributed by atoms with E-state index in [1.807, 2.05) is 0 Å². The van der Waals surface area contributed by atoms with E-state index in [2.05, 4.69) is 76.8 Å². The van der Waals surface area contributed by atoms with Crippen LogP contribution in [0.2, 0.25) is 10.6 Å². The highest BCUT2D eigenvalue weighted by Gasteiger charge is 2.46. The van der Waals surface area contributed by atoms with Crippen LogP contribution in [0.3, 0.4) is 0 Å². The third-order valence-corrected chi connectivity index (χ3v) is 13.0. The Morgan fingerprint density at radius 2 is 1.09 bits per heavy atom. The van der Waals surface area contributed by atoms with Crippen LogP contribution in [0, 0.1) is 0 Å². The number of imidazole rings is 2. The fraction of sp³-hybridized carbons (Fsp3) is 0.605. The summed E-state index contributed by atoms with van der Waals surface area (Å²) in [4.78, 5) is 63.3. The topological polar surface area (TPSA) is 363 Å². The fourth-order valence-electron chi connectivity index (χ4n) is 9.25. The minimum Gasteiger partial charge on any atom is -0.388 e. The summed E-state index contributed by atoms with van der Waals surface area (Å²) in [6.07, 6.45) is 3.03. The van der Waals surface area contributed by atoms with Gasteiger partial charge in [0.2, 0.25) is 34.3 Å². The van der Waals surface area contributed by atoms with Gasteiger partial charge in [-0.05, 0) is 81.0 Å². The SMILES string of the molecule is O=C(CO)N[C@H]1C[C@@H](n2cnc3c(N[C@H]4CC[C@H](Nc5ncnc(N[C@H]6CC[C@H](Nc7nc(Cl)nc8c7ncn8[C@@H]7O[C@H](NC(=O)CO)[C@@H](O)[C@H]7O)CC6)n5)CC4)nc(Cl)nc32)[C@H](O)[C@@H]1O. The molecule has 1 saturated heterocycles. The zero-order chi connectivity index (χ0) is 46.2. The van der Waals surface area contributed by atoms with Crippen molar-refractivity contribution in [2.24, 2.45) is 0 Å². The van der Waals surface area contributed by atoms with Gasteiger partial charge in [0.05, 0.1) is 24.7 Å². The van der Waals surface area contributed by atoms with E-state index in [1.54, 1.807) is 4.57 Å². The molecule has 5 aromatic rings. The number of amides is 2. The summed E-state index contributed by atoms with van der Waals surface area (Å²) in [6, 6.07) is -1.16. The molecular formula is C38H49Cl2N17O9. The number of aliphatic hydroxyl groups is 6. The Labute approximate surface area is 384 Å². The van der Waals surface area contributed by atoms with E-state index in [-0.39, 0.29) is 46.8 Å². The van der Waals surface area contributed by atoms with Gasteiger partial charge < -0.3 is 71.8 Å². The second kappa shape index (κ2) is 19.4. The lowest BCUT2D eigenvalue weighted by Crippen LogP contribution is -2.44. The standard InChI is InChI=1S/C38H49Cl2N17O9/c39-35-51-29(23-31(53-35)56(13-43-23)20-9-19(25(62)26(20)63)49-21(60)10-58)45-15-1-5-17(6-2-15)47-37-41-12-42-38(55-37)48-18-7-3-16(4-8-18)46-30-24-32(54-36(40)52-30)57(14-44-24)34-28(65)27(64)33(66-34)50-22(61)11-59/h12-20,25-28,33-34,58-59,62-65H,1-11H2,(H,49,60)(H,50,61)(H,45,51,53)(H,46,52,54)(H2,41,42,47,48,55)/t15-,16-,17-,18-,19-,20+,25+,26-,27-,28+,33-,34+/m0/s1. The smallest absolute Gasteiger partial charge is 0.247 e. The van der Waals surface area contributed by atoms with E-state index in [0.717, 1.165) is 51.4 Å². The molecule has 5 aromatic heterocycles. The Morgan fingerprint density at radius 3 is 1.62 bits per heavy atom. The predicted octanol–water partition coefficient (Wildman–Crippen LogP) is -1.04. The van der Waals surface area contributed by atoms with Crippen molar-refractivity contribution in [2.75, 3.05) is 34.5 Å². The van der Waals surface area contributed by atoms with Crippen molar-refractivity contribution in [3.8, 4) is 0 Å². The van der Waals surface area contributed by atoms with Crippen molar-refractivity contribution in [3.63, 3.8) is 0 Å². The first kappa shape index (κ1) is 45.7. The molecule has 354 valence electrons. The van der Waals surface area contributed by atoms with E-state index in [1.165, 1.54) is 23.5 Å². The van der Waals surface area contributed by atoms with E-state index < -0.39 is 74.0 Å². The summed E-state index contributed by atoms with van der Waals surface area (Å²) in [5.74, 6) is 0.333. The van der Waals surface area contributed by atoms with Gasteiger partial charge in [0.25, 0.3) is 0 Å². The van der Waals surface area contributed by atoms with Gasteiger partial charge in [-0.3, -0.25) is 14.2 Å². The number of ether oxygens (including phenoxy) is 1. The molecule has 1 aliphatic heterocycles. The molecule has 12 N–H and O–H groups in total. The number of aromatic nitrogens is 11. The van der Waals surface area contributed by atoms with Crippen LogP contribution >= 0.6 is 23.2 Å². The van der Waals surface area contributed by atoms with E-state index in [9.17, 15) is 30.0 Å². The monoisotopic (exact) mass is 957 g/mol. The molecule has 0 spiro atoms. The largest absolute Gasteiger partial charge is 0.388 e. The van der Waals surface area contributed by atoms with Crippen molar-refractivity contribution in [1.82, 2.24) is 64.6 Å². The number of rotatable bonds is 14. The van der Waals surface area contributed by atoms with Crippen molar-refractivity contribution < 1.29 is 45.0 Å². The summed E-state index contributed by atoms with van der Waals surface area (Å²) < 4.78 is 8.74. The molecule has 3 aliphatic carbocycles. The molecule has 0 unspecified atom stereocenters. The zero-order valence-electron chi connectivity index (χ0n) is 35.0. The van der Waals surface area contributed by atoms with Gasteiger partial charge in [-0.25, -0.2) is 19.9 Å². The number of nitrogens with one attached hydrogen (secondary N) is 6. The number of carbonyl (C=O) groups is 2.